The first kappa shape index (κ1) is 12.1. The molecular weight excluding hydrogens is 192 g/mol. The summed E-state index contributed by atoms with van der Waals surface area (Å²) in [6, 6.07) is -0.785. The van der Waals surface area contributed by atoms with Crippen LogP contribution in [0.5, 0.6) is 0 Å². The Morgan fingerprint density at radius 1 is 1.69 bits per heavy atom. The maximum atomic E-state index is 10.3. The highest BCUT2D eigenvalue weighted by molar-refractivity contribution is 7.99. The van der Waals surface area contributed by atoms with Gasteiger partial charge in [0.05, 0.1) is 0 Å². The zero-order chi connectivity index (χ0) is 10.1. The number of aliphatic carboxylic acids is 1. The molecule has 0 aliphatic heterocycles. The SMILES string of the molecule is [N-]=[N+]=NCCSCC[C@H](N)C(=O)O. The minimum Gasteiger partial charge on any atom is -0.480 e. The fraction of sp³-hybridized carbons (Fsp3) is 0.833. The average molecular weight is 204 g/mol. The lowest BCUT2D eigenvalue weighted by atomic mass is 10.2. The van der Waals surface area contributed by atoms with Crippen LogP contribution in [0.2, 0.25) is 0 Å². The van der Waals surface area contributed by atoms with E-state index >= 15 is 0 Å². The van der Waals surface area contributed by atoms with Gasteiger partial charge in [0.2, 0.25) is 0 Å². The van der Waals surface area contributed by atoms with Crippen LogP contribution in [0.3, 0.4) is 0 Å². The molecule has 0 aromatic carbocycles. The summed E-state index contributed by atoms with van der Waals surface area (Å²) in [5, 5.41) is 11.8. The minimum atomic E-state index is -0.976. The van der Waals surface area contributed by atoms with Crippen molar-refractivity contribution < 1.29 is 9.90 Å². The molecule has 0 unspecified atom stereocenters. The quantitative estimate of drug-likeness (QED) is 0.277. The predicted molar refractivity (Wildman–Crippen MR) is 51.6 cm³/mol. The van der Waals surface area contributed by atoms with Gasteiger partial charge >= 0.3 is 5.97 Å². The van der Waals surface area contributed by atoms with Gasteiger partial charge in [-0.1, -0.05) is 5.11 Å². The number of azide groups is 1. The predicted octanol–water partition coefficient (Wildman–Crippen LogP) is 0.832. The van der Waals surface area contributed by atoms with Crippen molar-refractivity contribution in [3.05, 3.63) is 10.4 Å². The lowest BCUT2D eigenvalue weighted by Crippen LogP contribution is -2.30. The minimum absolute atomic E-state index is 0.434. The number of nitrogens with zero attached hydrogens (tertiary/aromatic N) is 3. The van der Waals surface area contributed by atoms with E-state index in [1.807, 2.05) is 0 Å². The Bertz CT molecular complexity index is 205. The lowest BCUT2D eigenvalue weighted by molar-refractivity contribution is -0.138. The number of thioether (sulfide) groups is 1. The summed E-state index contributed by atoms with van der Waals surface area (Å²) >= 11 is 1.53. The van der Waals surface area contributed by atoms with Gasteiger partial charge in [0.1, 0.15) is 6.04 Å². The molecule has 3 N–H and O–H groups in total. The third-order valence-electron chi connectivity index (χ3n) is 1.29. The van der Waals surface area contributed by atoms with Gasteiger partial charge in [-0.05, 0) is 23.5 Å². The third kappa shape index (κ3) is 7.45. The smallest absolute Gasteiger partial charge is 0.320 e. The first-order valence-corrected chi connectivity index (χ1v) is 4.91. The number of hydrogen-bond donors (Lipinski definition) is 2. The molecule has 0 aliphatic rings. The topological polar surface area (TPSA) is 112 Å². The van der Waals surface area contributed by atoms with E-state index in [0.29, 0.717) is 24.5 Å². The third-order valence-corrected chi connectivity index (χ3v) is 2.28. The molecule has 0 aromatic rings. The van der Waals surface area contributed by atoms with Gasteiger partial charge < -0.3 is 10.8 Å². The van der Waals surface area contributed by atoms with Gasteiger partial charge in [-0.3, -0.25) is 4.79 Å². The molecule has 74 valence electrons. The number of carboxylic acids is 1. The van der Waals surface area contributed by atoms with Crippen LogP contribution in [0.15, 0.2) is 5.11 Å². The Hall–Kier alpha value is -0.910. The van der Waals surface area contributed by atoms with Crippen LogP contribution >= 0.6 is 11.8 Å². The highest BCUT2D eigenvalue weighted by atomic mass is 32.2. The molecule has 0 amide bonds. The average Bonchev–Trinajstić information content (AvgIpc) is 2.10. The van der Waals surface area contributed by atoms with Gasteiger partial charge in [-0.25, -0.2) is 0 Å². The van der Waals surface area contributed by atoms with Gasteiger partial charge in [-0.2, -0.15) is 11.8 Å². The van der Waals surface area contributed by atoms with Crippen LogP contribution in [-0.2, 0) is 4.79 Å². The molecule has 1 atom stereocenters. The van der Waals surface area contributed by atoms with E-state index in [1.165, 1.54) is 11.8 Å². The van der Waals surface area contributed by atoms with Gasteiger partial charge in [0, 0.05) is 11.5 Å². The van der Waals surface area contributed by atoms with E-state index in [1.54, 1.807) is 0 Å². The summed E-state index contributed by atoms with van der Waals surface area (Å²) in [5.41, 5.74) is 13.2. The molecular formula is C6H12N4O2S. The van der Waals surface area contributed by atoms with Crippen LogP contribution in [0, 0.1) is 0 Å². The maximum absolute atomic E-state index is 10.3. The molecule has 0 saturated heterocycles. The number of nitrogens with two attached hydrogens (primary N) is 1. The summed E-state index contributed by atoms with van der Waals surface area (Å²) in [5.74, 6) is 0.404. The lowest BCUT2D eigenvalue weighted by Gasteiger charge is -2.04. The monoisotopic (exact) mass is 204 g/mol. The summed E-state index contributed by atoms with van der Waals surface area (Å²) in [6.07, 6.45) is 0.441. The Morgan fingerprint density at radius 2 is 2.38 bits per heavy atom. The van der Waals surface area contributed by atoms with Crippen molar-refractivity contribution in [2.45, 2.75) is 12.5 Å². The van der Waals surface area contributed by atoms with Crippen molar-refractivity contribution in [3.8, 4) is 0 Å². The molecule has 0 heterocycles. The van der Waals surface area contributed by atoms with Crippen molar-refractivity contribution >= 4 is 17.7 Å². The molecule has 13 heavy (non-hydrogen) atoms. The van der Waals surface area contributed by atoms with Crippen LogP contribution in [0.4, 0.5) is 0 Å². The standard InChI is InChI=1S/C6H12N4O2S/c7-5(6(11)12)1-3-13-4-2-9-10-8/h5H,1-4,7H2,(H,11,12)/t5-/m0/s1. The summed E-state index contributed by atoms with van der Waals surface area (Å²) in [4.78, 5) is 12.9. The van der Waals surface area contributed by atoms with Crippen LogP contribution in [0.25, 0.3) is 10.4 Å². The fourth-order valence-corrected chi connectivity index (χ4v) is 1.42. The Kier molecular flexibility index (Phi) is 7.18. The second kappa shape index (κ2) is 7.72. The summed E-state index contributed by atoms with van der Waals surface area (Å²) in [6.45, 7) is 0.434. The van der Waals surface area contributed by atoms with Gasteiger partial charge in [-0.15, -0.1) is 0 Å². The maximum Gasteiger partial charge on any atom is 0.320 e. The zero-order valence-electron chi connectivity index (χ0n) is 7.09. The number of carbonyl (C=O) groups is 1. The van der Waals surface area contributed by atoms with Crippen LogP contribution in [-0.4, -0.2) is 35.2 Å². The van der Waals surface area contributed by atoms with E-state index in [2.05, 4.69) is 10.0 Å². The largest absolute Gasteiger partial charge is 0.480 e. The van der Waals surface area contributed by atoms with E-state index < -0.39 is 12.0 Å². The molecule has 0 fully saturated rings. The van der Waals surface area contributed by atoms with Crippen molar-refractivity contribution in [2.24, 2.45) is 10.8 Å². The normalized spacial score (nSPS) is 11.8. The van der Waals surface area contributed by atoms with E-state index in [0.717, 1.165) is 0 Å². The molecule has 0 aliphatic carbocycles. The second-order valence-corrected chi connectivity index (χ2v) is 3.52. The first-order chi connectivity index (χ1) is 6.18. The number of rotatable bonds is 7. The molecule has 0 saturated carbocycles. The summed E-state index contributed by atoms with van der Waals surface area (Å²) < 4.78 is 0. The molecule has 7 heteroatoms. The van der Waals surface area contributed by atoms with Crippen LogP contribution < -0.4 is 5.73 Å². The highest BCUT2D eigenvalue weighted by Gasteiger charge is 2.09. The fourth-order valence-electron chi connectivity index (χ4n) is 0.586. The molecule has 6 nitrogen and oxygen atoms in total. The number of hydrogen-bond acceptors (Lipinski definition) is 4. The zero-order valence-corrected chi connectivity index (χ0v) is 7.90. The Balaban J connectivity index is 3.25. The van der Waals surface area contributed by atoms with Crippen molar-refractivity contribution in [1.29, 1.82) is 0 Å². The molecule has 0 radical (unpaired) electrons. The Morgan fingerprint density at radius 3 is 2.92 bits per heavy atom. The Labute approximate surface area is 80.1 Å². The molecule has 0 aromatic heterocycles. The first-order valence-electron chi connectivity index (χ1n) is 3.75. The van der Waals surface area contributed by atoms with E-state index in [9.17, 15) is 4.79 Å². The molecule has 0 rings (SSSR count). The second-order valence-electron chi connectivity index (χ2n) is 2.30. The van der Waals surface area contributed by atoms with Crippen LogP contribution in [0.1, 0.15) is 6.42 Å². The number of carboxylic acid groups (broad SMARTS) is 1. The van der Waals surface area contributed by atoms with Gasteiger partial charge in [0.25, 0.3) is 0 Å². The van der Waals surface area contributed by atoms with E-state index in [-0.39, 0.29) is 0 Å². The van der Waals surface area contributed by atoms with E-state index in [4.69, 9.17) is 16.4 Å². The molecule has 0 spiro atoms. The van der Waals surface area contributed by atoms with Crippen molar-refractivity contribution in [1.82, 2.24) is 0 Å². The highest BCUT2D eigenvalue weighted by Crippen LogP contribution is 2.03. The molecule has 0 bridgehead atoms. The van der Waals surface area contributed by atoms with Gasteiger partial charge in [0.15, 0.2) is 0 Å². The summed E-state index contributed by atoms with van der Waals surface area (Å²) in [7, 11) is 0. The van der Waals surface area contributed by atoms with Crippen molar-refractivity contribution in [2.75, 3.05) is 18.1 Å². The van der Waals surface area contributed by atoms with Crippen molar-refractivity contribution in [3.63, 3.8) is 0 Å².